The third-order valence-corrected chi connectivity index (χ3v) is 5.60. The molecule has 0 aliphatic heterocycles. The molecule has 1 heterocycles. The summed E-state index contributed by atoms with van der Waals surface area (Å²) in [5, 5.41) is 9.73. The van der Waals surface area contributed by atoms with Crippen molar-refractivity contribution in [3.8, 4) is 11.9 Å². The Hall–Kier alpha value is -2.36. The van der Waals surface area contributed by atoms with Crippen LogP contribution in [-0.4, -0.2) is 17.5 Å². The molecule has 0 saturated heterocycles. The summed E-state index contributed by atoms with van der Waals surface area (Å²) in [5.41, 5.74) is 1.80. The Morgan fingerprint density at radius 3 is 2.64 bits per heavy atom. The molecule has 2 aromatic rings. The molecule has 0 radical (unpaired) electrons. The topological polar surface area (TPSA) is 62.7 Å². The number of benzene rings is 1. The minimum atomic E-state index is -0.00849. The fraction of sp³-hybridized carbons (Fsp3) is 0.381. The van der Waals surface area contributed by atoms with Crippen LogP contribution in [0.1, 0.15) is 45.1 Å². The number of aromatic nitrogens is 1. The van der Waals surface area contributed by atoms with Crippen molar-refractivity contribution in [2.45, 2.75) is 46.6 Å². The molecule has 0 aliphatic rings. The van der Waals surface area contributed by atoms with Gasteiger partial charge in [-0.2, -0.15) is 15.2 Å². The van der Waals surface area contributed by atoms with E-state index in [1.807, 2.05) is 6.19 Å². The standard InChI is InChI=1S/C21H25ClN4OS/c1-14(2)9-10-26-12-18(21(3,4)5)28-20(26)25-19(24-13-23)16-11-15(22)7-8-17(16)27-6/h7-9,11-12H,10H2,1-6H3/b24-19?,25-20-. The lowest BCUT2D eigenvalue weighted by atomic mass is 9.95. The number of allylic oxidation sites excluding steroid dienone is 2. The maximum Gasteiger partial charge on any atom is 0.207 e. The van der Waals surface area contributed by atoms with Gasteiger partial charge in [0, 0.05) is 22.6 Å². The number of rotatable bonds is 4. The largest absolute Gasteiger partial charge is 0.496 e. The number of thiazole rings is 1. The first-order valence-electron chi connectivity index (χ1n) is 8.85. The highest BCUT2D eigenvalue weighted by Crippen LogP contribution is 2.26. The number of hydrogen-bond acceptors (Lipinski definition) is 4. The van der Waals surface area contributed by atoms with Crippen LogP contribution in [0.4, 0.5) is 0 Å². The molecule has 0 unspecified atom stereocenters. The molecule has 0 N–H and O–H groups in total. The Morgan fingerprint density at radius 1 is 1.36 bits per heavy atom. The number of methoxy groups -OCH3 is 1. The zero-order valence-corrected chi connectivity index (χ0v) is 18.6. The van der Waals surface area contributed by atoms with Crippen molar-refractivity contribution < 1.29 is 4.74 Å². The molecule has 28 heavy (non-hydrogen) atoms. The molecule has 0 saturated carbocycles. The number of aliphatic imine (C=N–C) groups is 1. The summed E-state index contributed by atoms with van der Waals surface area (Å²) in [5.74, 6) is 0.834. The molecule has 0 fully saturated rings. The van der Waals surface area contributed by atoms with Crippen LogP contribution in [-0.2, 0) is 12.0 Å². The van der Waals surface area contributed by atoms with Gasteiger partial charge < -0.3 is 9.30 Å². The summed E-state index contributed by atoms with van der Waals surface area (Å²) in [4.78, 5) is 10.6. The zero-order chi connectivity index (χ0) is 20.9. The first kappa shape index (κ1) is 21.9. The van der Waals surface area contributed by atoms with E-state index in [2.05, 4.69) is 56.5 Å². The van der Waals surface area contributed by atoms with Gasteiger partial charge in [0.2, 0.25) is 6.19 Å². The lowest BCUT2D eigenvalue weighted by Gasteiger charge is -2.14. The molecule has 0 amide bonds. The third-order valence-electron chi connectivity index (χ3n) is 3.92. The van der Waals surface area contributed by atoms with E-state index in [1.54, 1.807) is 36.6 Å². The highest BCUT2D eigenvalue weighted by Gasteiger charge is 2.18. The van der Waals surface area contributed by atoms with Crippen LogP contribution in [0.15, 0.2) is 46.0 Å². The number of amidine groups is 1. The second-order valence-corrected chi connectivity index (χ2v) is 9.00. The molecular weight excluding hydrogens is 392 g/mol. The maximum atomic E-state index is 9.20. The van der Waals surface area contributed by atoms with Gasteiger partial charge >= 0.3 is 0 Å². The van der Waals surface area contributed by atoms with Crippen LogP contribution < -0.4 is 9.54 Å². The van der Waals surface area contributed by atoms with Gasteiger partial charge in [0.05, 0.1) is 12.7 Å². The molecule has 148 valence electrons. The fourth-order valence-electron chi connectivity index (χ4n) is 2.36. The molecule has 2 rings (SSSR count). The van der Waals surface area contributed by atoms with E-state index in [0.717, 1.165) is 4.80 Å². The number of nitriles is 1. The van der Waals surface area contributed by atoms with Gasteiger partial charge in [0.1, 0.15) is 5.75 Å². The molecule has 5 nitrogen and oxygen atoms in total. The van der Waals surface area contributed by atoms with Crippen LogP contribution in [0.2, 0.25) is 5.02 Å². The van der Waals surface area contributed by atoms with Crippen LogP contribution in [0.5, 0.6) is 5.75 Å². The van der Waals surface area contributed by atoms with Crippen LogP contribution in [0.3, 0.4) is 0 Å². The summed E-state index contributed by atoms with van der Waals surface area (Å²) in [6.07, 6.45) is 6.09. The summed E-state index contributed by atoms with van der Waals surface area (Å²) >= 11 is 7.74. The Morgan fingerprint density at radius 2 is 2.07 bits per heavy atom. The SMILES string of the molecule is COc1ccc(Cl)cc1C(=NC#N)/N=c1\sc(C(C)(C)C)cn1CC=C(C)C. The normalized spacial score (nSPS) is 12.6. The molecule has 0 aliphatic carbocycles. The van der Waals surface area contributed by atoms with E-state index < -0.39 is 0 Å². The molecule has 0 bridgehead atoms. The highest BCUT2D eigenvalue weighted by atomic mass is 35.5. The summed E-state index contributed by atoms with van der Waals surface area (Å²) in [6, 6.07) is 5.18. The van der Waals surface area contributed by atoms with Crippen molar-refractivity contribution in [1.82, 2.24) is 4.57 Å². The maximum absolute atomic E-state index is 9.20. The number of nitrogens with zero attached hydrogens (tertiary/aromatic N) is 4. The lowest BCUT2D eigenvalue weighted by Crippen LogP contribution is -2.16. The summed E-state index contributed by atoms with van der Waals surface area (Å²) in [6.45, 7) is 11.3. The molecule has 1 aromatic carbocycles. The highest BCUT2D eigenvalue weighted by molar-refractivity contribution is 7.09. The molecule has 0 spiro atoms. The molecular formula is C21H25ClN4OS. The number of ether oxygens (including phenoxy) is 1. The minimum Gasteiger partial charge on any atom is -0.496 e. The smallest absolute Gasteiger partial charge is 0.207 e. The molecule has 7 heteroatoms. The third kappa shape index (κ3) is 5.57. The van der Waals surface area contributed by atoms with E-state index in [-0.39, 0.29) is 11.3 Å². The van der Waals surface area contributed by atoms with E-state index in [1.165, 1.54) is 10.5 Å². The van der Waals surface area contributed by atoms with Gasteiger partial charge in [-0.1, -0.05) is 44.0 Å². The van der Waals surface area contributed by atoms with Crippen molar-refractivity contribution in [3.05, 3.63) is 56.3 Å². The van der Waals surface area contributed by atoms with Crippen molar-refractivity contribution in [1.29, 1.82) is 5.26 Å². The van der Waals surface area contributed by atoms with Gasteiger partial charge in [-0.05, 0) is 37.5 Å². The quantitative estimate of drug-likeness (QED) is 0.293. The van der Waals surface area contributed by atoms with Gasteiger partial charge in [-0.25, -0.2) is 0 Å². The average Bonchev–Trinajstić information content (AvgIpc) is 3.03. The summed E-state index contributed by atoms with van der Waals surface area (Å²) in [7, 11) is 1.56. The summed E-state index contributed by atoms with van der Waals surface area (Å²) < 4.78 is 7.48. The van der Waals surface area contributed by atoms with Crippen molar-refractivity contribution >= 4 is 28.8 Å². The Bertz CT molecular complexity index is 1010. The van der Waals surface area contributed by atoms with Crippen molar-refractivity contribution in [2.24, 2.45) is 9.98 Å². The second kappa shape index (κ2) is 9.22. The second-order valence-electron chi connectivity index (χ2n) is 7.55. The average molecular weight is 417 g/mol. The van der Waals surface area contributed by atoms with E-state index in [0.29, 0.717) is 22.9 Å². The van der Waals surface area contributed by atoms with Crippen molar-refractivity contribution in [2.75, 3.05) is 7.11 Å². The van der Waals surface area contributed by atoms with Crippen molar-refractivity contribution in [3.63, 3.8) is 0 Å². The first-order chi connectivity index (χ1) is 13.2. The van der Waals surface area contributed by atoms with Crippen LogP contribution in [0, 0.1) is 11.5 Å². The molecule has 0 atom stereocenters. The lowest BCUT2D eigenvalue weighted by molar-refractivity contribution is 0.414. The zero-order valence-electron chi connectivity index (χ0n) is 17.1. The van der Waals surface area contributed by atoms with Gasteiger partial charge in [-0.3, -0.25) is 0 Å². The van der Waals surface area contributed by atoms with E-state index in [4.69, 9.17) is 21.3 Å². The van der Waals surface area contributed by atoms with Gasteiger partial charge in [0.25, 0.3) is 0 Å². The van der Waals surface area contributed by atoms with Crippen LogP contribution in [0.25, 0.3) is 0 Å². The molecule has 1 aromatic heterocycles. The van der Waals surface area contributed by atoms with E-state index in [9.17, 15) is 5.26 Å². The Balaban J connectivity index is 2.70. The Labute approximate surface area is 175 Å². The number of hydrogen-bond donors (Lipinski definition) is 0. The number of halogens is 1. The Kier molecular flexibility index (Phi) is 7.22. The predicted molar refractivity (Wildman–Crippen MR) is 116 cm³/mol. The predicted octanol–water partition coefficient (Wildman–Crippen LogP) is 5.30. The monoisotopic (exact) mass is 416 g/mol. The van der Waals surface area contributed by atoms with Crippen LogP contribution >= 0.6 is 22.9 Å². The minimum absolute atomic E-state index is 0.00849. The van der Waals surface area contributed by atoms with E-state index >= 15 is 0 Å². The van der Waals surface area contributed by atoms with Gasteiger partial charge in [0.15, 0.2) is 10.6 Å². The first-order valence-corrected chi connectivity index (χ1v) is 10.0. The fourth-order valence-corrected chi connectivity index (χ4v) is 3.60. The van der Waals surface area contributed by atoms with Gasteiger partial charge in [-0.15, -0.1) is 11.3 Å².